The number of nitrogens with zero attached hydrogens (tertiary/aromatic N) is 2. The molecule has 0 bridgehead atoms. The Kier molecular flexibility index (Phi) is 6.20. The lowest BCUT2D eigenvalue weighted by Crippen LogP contribution is -2.48. The molecule has 1 atom stereocenters. The fraction of sp³-hybridized carbons (Fsp3) is 0.571. The second-order valence-electron chi connectivity index (χ2n) is 7.73. The number of Topliss-reactive ketones (excluding diaryl/α,β-unsaturated/α-hetero) is 1. The van der Waals surface area contributed by atoms with Crippen LogP contribution < -0.4 is 0 Å². The Bertz CT molecular complexity index is 741. The summed E-state index contributed by atoms with van der Waals surface area (Å²) in [4.78, 5) is 41.0. The van der Waals surface area contributed by atoms with Crippen molar-refractivity contribution in [3.05, 3.63) is 34.3 Å². The van der Waals surface area contributed by atoms with Crippen LogP contribution in [0.3, 0.4) is 0 Å². The number of carbonyl (C=O) groups excluding carboxylic acids is 3. The number of carbonyl (C=O) groups is 3. The third-order valence-corrected chi connectivity index (χ3v) is 6.08. The smallest absolute Gasteiger partial charge is 0.225 e. The molecule has 2 heterocycles. The monoisotopic (exact) mass is 390 g/mol. The molecule has 2 fully saturated rings. The van der Waals surface area contributed by atoms with Gasteiger partial charge >= 0.3 is 0 Å². The van der Waals surface area contributed by atoms with Crippen LogP contribution in [0.4, 0.5) is 0 Å². The first-order valence-electron chi connectivity index (χ1n) is 9.71. The highest BCUT2D eigenvalue weighted by atomic mass is 35.5. The molecule has 2 aliphatic rings. The van der Waals surface area contributed by atoms with Crippen LogP contribution in [0.15, 0.2) is 18.2 Å². The van der Waals surface area contributed by atoms with Crippen LogP contribution in [0.5, 0.6) is 0 Å². The summed E-state index contributed by atoms with van der Waals surface area (Å²) in [5, 5.41) is 0.626. The zero-order valence-corrected chi connectivity index (χ0v) is 16.8. The average Bonchev–Trinajstić information content (AvgIpc) is 2.67. The van der Waals surface area contributed by atoms with Crippen molar-refractivity contribution in [3.63, 3.8) is 0 Å². The van der Waals surface area contributed by atoms with Crippen LogP contribution in [-0.2, 0) is 9.59 Å². The third kappa shape index (κ3) is 4.52. The van der Waals surface area contributed by atoms with Gasteiger partial charge in [0.05, 0.1) is 0 Å². The molecule has 3 rings (SSSR count). The molecular formula is C21H27ClN2O3. The Morgan fingerprint density at radius 3 is 2.33 bits per heavy atom. The molecule has 146 valence electrons. The molecule has 1 unspecified atom stereocenters. The minimum atomic E-state index is -0.153. The second-order valence-corrected chi connectivity index (χ2v) is 8.16. The third-order valence-electron chi connectivity index (χ3n) is 5.85. The second kappa shape index (κ2) is 8.42. The fourth-order valence-corrected chi connectivity index (χ4v) is 4.44. The highest BCUT2D eigenvalue weighted by Gasteiger charge is 2.34. The number of aryl methyl sites for hydroxylation is 1. The Morgan fingerprint density at radius 1 is 1.00 bits per heavy atom. The quantitative estimate of drug-likeness (QED) is 0.744. The predicted octanol–water partition coefficient (Wildman–Crippen LogP) is 3.33. The van der Waals surface area contributed by atoms with E-state index in [9.17, 15) is 14.4 Å². The topological polar surface area (TPSA) is 57.7 Å². The van der Waals surface area contributed by atoms with Gasteiger partial charge in [-0.15, -0.1) is 0 Å². The number of amides is 2. The average molecular weight is 391 g/mol. The van der Waals surface area contributed by atoms with E-state index < -0.39 is 0 Å². The van der Waals surface area contributed by atoms with E-state index in [0.717, 1.165) is 24.9 Å². The van der Waals surface area contributed by atoms with Gasteiger partial charge in [-0.3, -0.25) is 14.4 Å². The van der Waals surface area contributed by atoms with Gasteiger partial charge in [0.2, 0.25) is 11.8 Å². The number of piperidine rings is 2. The Balaban J connectivity index is 1.63. The van der Waals surface area contributed by atoms with Crippen LogP contribution in [0.2, 0.25) is 5.02 Å². The summed E-state index contributed by atoms with van der Waals surface area (Å²) in [6.45, 7) is 5.97. The molecule has 1 aromatic rings. The van der Waals surface area contributed by atoms with Gasteiger partial charge in [-0.1, -0.05) is 11.6 Å². The van der Waals surface area contributed by atoms with Gasteiger partial charge in [-0.05, 0) is 56.4 Å². The first-order valence-corrected chi connectivity index (χ1v) is 10.1. The van der Waals surface area contributed by atoms with Gasteiger partial charge in [0, 0.05) is 55.5 Å². The number of rotatable bonds is 3. The summed E-state index contributed by atoms with van der Waals surface area (Å²) in [5.74, 6) is 0.131. The molecule has 0 radical (unpaired) electrons. The van der Waals surface area contributed by atoms with Gasteiger partial charge < -0.3 is 9.80 Å². The van der Waals surface area contributed by atoms with Crippen LogP contribution in [0.1, 0.15) is 48.5 Å². The van der Waals surface area contributed by atoms with Crippen molar-refractivity contribution in [2.75, 3.05) is 26.2 Å². The highest BCUT2D eigenvalue weighted by Crippen LogP contribution is 2.27. The molecule has 0 saturated carbocycles. The van der Waals surface area contributed by atoms with E-state index in [4.69, 9.17) is 11.6 Å². The summed E-state index contributed by atoms with van der Waals surface area (Å²) in [7, 11) is 0. The zero-order chi connectivity index (χ0) is 19.6. The van der Waals surface area contributed by atoms with Crippen LogP contribution in [0.25, 0.3) is 0 Å². The lowest BCUT2D eigenvalue weighted by molar-refractivity contribution is -0.141. The summed E-state index contributed by atoms with van der Waals surface area (Å²) >= 11 is 6.00. The normalized spacial score (nSPS) is 21.2. The van der Waals surface area contributed by atoms with Crippen molar-refractivity contribution in [1.29, 1.82) is 0 Å². The lowest BCUT2D eigenvalue weighted by atomic mass is 9.87. The summed E-state index contributed by atoms with van der Waals surface area (Å²) in [6.07, 6.45) is 3.09. The van der Waals surface area contributed by atoms with E-state index in [2.05, 4.69) is 0 Å². The number of likely N-dealkylation sites (tertiary alicyclic amines) is 2. The van der Waals surface area contributed by atoms with Gasteiger partial charge in [-0.25, -0.2) is 0 Å². The first kappa shape index (κ1) is 19.9. The van der Waals surface area contributed by atoms with Crippen LogP contribution in [-0.4, -0.2) is 53.6 Å². The van der Waals surface area contributed by atoms with E-state index in [1.165, 1.54) is 0 Å². The Hall–Kier alpha value is -1.88. The maximum Gasteiger partial charge on any atom is 0.225 e. The number of halogens is 1. The summed E-state index contributed by atoms with van der Waals surface area (Å²) in [6, 6.07) is 5.35. The zero-order valence-electron chi connectivity index (χ0n) is 16.0. The standard InChI is InChI=1S/C21H27ClN2O3/c1-14-12-18(22)5-6-19(14)20(26)17-4-3-9-24(13-17)21(27)16-7-10-23(11-8-16)15(2)25/h5-6,12,16-17H,3-4,7-11,13H2,1-2H3. The van der Waals surface area contributed by atoms with Gasteiger partial charge in [-0.2, -0.15) is 0 Å². The predicted molar refractivity (Wildman–Crippen MR) is 105 cm³/mol. The number of hydrogen-bond acceptors (Lipinski definition) is 3. The Morgan fingerprint density at radius 2 is 1.70 bits per heavy atom. The number of hydrogen-bond donors (Lipinski definition) is 0. The summed E-state index contributed by atoms with van der Waals surface area (Å²) in [5.41, 5.74) is 1.58. The fourth-order valence-electron chi connectivity index (χ4n) is 4.21. The van der Waals surface area contributed by atoms with Crippen molar-refractivity contribution in [2.24, 2.45) is 11.8 Å². The SMILES string of the molecule is CC(=O)N1CCC(C(=O)N2CCCC(C(=O)c3ccc(Cl)cc3C)C2)CC1. The molecular weight excluding hydrogens is 364 g/mol. The summed E-state index contributed by atoms with van der Waals surface area (Å²) < 4.78 is 0. The molecule has 5 nitrogen and oxygen atoms in total. The minimum absolute atomic E-state index is 0.0354. The first-order chi connectivity index (χ1) is 12.9. The molecule has 0 aliphatic carbocycles. The van der Waals surface area contributed by atoms with Gasteiger partial charge in [0.15, 0.2) is 5.78 Å². The molecule has 2 aliphatic heterocycles. The molecule has 6 heteroatoms. The van der Waals surface area contributed by atoms with Crippen molar-refractivity contribution in [3.8, 4) is 0 Å². The van der Waals surface area contributed by atoms with E-state index in [1.54, 1.807) is 24.0 Å². The largest absolute Gasteiger partial charge is 0.343 e. The van der Waals surface area contributed by atoms with Crippen molar-refractivity contribution < 1.29 is 14.4 Å². The van der Waals surface area contributed by atoms with Crippen LogP contribution >= 0.6 is 11.6 Å². The van der Waals surface area contributed by atoms with Crippen molar-refractivity contribution >= 4 is 29.2 Å². The van der Waals surface area contributed by atoms with Gasteiger partial charge in [0.1, 0.15) is 0 Å². The van der Waals surface area contributed by atoms with Crippen LogP contribution in [0, 0.1) is 18.8 Å². The molecule has 0 spiro atoms. The molecule has 1 aromatic carbocycles. The van der Waals surface area contributed by atoms with Crippen molar-refractivity contribution in [1.82, 2.24) is 9.80 Å². The molecule has 0 N–H and O–H groups in total. The highest BCUT2D eigenvalue weighted by molar-refractivity contribution is 6.30. The number of benzene rings is 1. The minimum Gasteiger partial charge on any atom is -0.343 e. The lowest BCUT2D eigenvalue weighted by Gasteiger charge is -2.37. The van der Waals surface area contributed by atoms with E-state index >= 15 is 0 Å². The molecule has 2 saturated heterocycles. The Labute approximate surface area is 165 Å². The van der Waals surface area contributed by atoms with E-state index in [0.29, 0.717) is 43.1 Å². The van der Waals surface area contributed by atoms with E-state index in [1.807, 2.05) is 17.9 Å². The molecule has 2 amide bonds. The molecule has 27 heavy (non-hydrogen) atoms. The number of ketones is 1. The van der Waals surface area contributed by atoms with Crippen molar-refractivity contribution in [2.45, 2.75) is 39.5 Å². The van der Waals surface area contributed by atoms with Gasteiger partial charge in [0.25, 0.3) is 0 Å². The maximum absolute atomic E-state index is 13.0. The molecule has 0 aromatic heterocycles. The van der Waals surface area contributed by atoms with E-state index in [-0.39, 0.29) is 29.4 Å². The maximum atomic E-state index is 13.0.